The van der Waals surface area contributed by atoms with E-state index in [4.69, 9.17) is 16.3 Å². The Morgan fingerprint density at radius 1 is 1.48 bits per heavy atom. The van der Waals surface area contributed by atoms with E-state index < -0.39 is 5.60 Å². The topological polar surface area (TPSA) is 55.3 Å². The van der Waals surface area contributed by atoms with E-state index in [1.807, 2.05) is 31.7 Å². The fourth-order valence-electron chi connectivity index (χ4n) is 2.13. The normalized spacial score (nSPS) is 18.9. The van der Waals surface area contributed by atoms with Crippen molar-refractivity contribution in [2.24, 2.45) is 0 Å². The van der Waals surface area contributed by atoms with E-state index in [1.165, 1.54) is 0 Å². The third-order valence-corrected chi connectivity index (χ3v) is 4.30. The molecule has 1 fully saturated rings. The summed E-state index contributed by atoms with van der Waals surface area (Å²) >= 11 is 7.30. The molecule has 21 heavy (non-hydrogen) atoms. The van der Waals surface area contributed by atoms with Crippen molar-refractivity contribution >= 4 is 29.5 Å². The molecule has 1 atom stereocenters. The summed E-state index contributed by atoms with van der Waals surface area (Å²) < 4.78 is 5.45. The maximum atomic E-state index is 12.2. The number of ether oxygens (including phenoxy) is 1. The molecule has 0 bridgehead atoms. The van der Waals surface area contributed by atoms with Gasteiger partial charge in [0.05, 0.1) is 0 Å². The van der Waals surface area contributed by atoms with Gasteiger partial charge in [0, 0.05) is 18.3 Å². The second-order valence-corrected chi connectivity index (χ2v) is 7.40. The number of hydrogen-bond acceptors (Lipinski definition) is 5. The van der Waals surface area contributed by atoms with E-state index in [2.05, 4.69) is 10.2 Å². The molecule has 1 aromatic rings. The highest BCUT2D eigenvalue weighted by Gasteiger charge is 2.32. The molecule has 2 heterocycles. The lowest BCUT2D eigenvalue weighted by Crippen LogP contribution is -2.40. The first-order valence-corrected chi connectivity index (χ1v) is 8.33. The lowest BCUT2D eigenvalue weighted by Gasteiger charge is -2.28. The number of nitrogens with zero attached hydrogens (tertiary/aromatic N) is 3. The molecule has 0 aliphatic carbocycles. The molecule has 1 aliphatic rings. The van der Waals surface area contributed by atoms with E-state index in [9.17, 15) is 4.79 Å². The number of carbonyl (C=O) groups excluding carboxylic acids is 1. The summed E-state index contributed by atoms with van der Waals surface area (Å²) in [5.41, 5.74) is -0.459. The van der Waals surface area contributed by atoms with Crippen molar-refractivity contribution in [1.82, 2.24) is 15.1 Å². The molecule has 0 saturated carbocycles. The summed E-state index contributed by atoms with van der Waals surface area (Å²) in [6.45, 7) is 6.41. The fraction of sp³-hybridized carbons (Fsp3) is 0.643. The first kappa shape index (κ1) is 16.4. The Hall–Kier alpha value is -1.01. The van der Waals surface area contributed by atoms with Crippen molar-refractivity contribution in [2.45, 2.75) is 50.3 Å². The number of amides is 1. The van der Waals surface area contributed by atoms with Gasteiger partial charge in [0.15, 0.2) is 5.15 Å². The van der Waals surface area contributed by atoms with Crippen LogP contribution < -0.4 is 0 Å². The zero-order chi connectivity index (χ0) is 15.5. The number of rotatable bonds is 3. The van der Waals surface area contributed by atoms with E-state index in [0.717, 1.165) is 30.2 Å². The summed E-state index contributed by atoms with van der Waals surface area (Å²) in [5, 5.41) is 9.03. The van der Waals surface area contributed by atoms with E-state index >= 15 is 0 Å². The monoisotopic (exact) mass is 329 g/mol. The highest BCUT2D eigenvalue weighted by atomic mass is 35.5. The standard InChI is InChI=1S/C14H20ClN3O2S/c1-14(2,3)20-13(19)18-8-4-5-10(18)9-21-12-7-6-11(15)16-17-12/h6-7,10H,4-5,8-9H2,1-3H3/t10-/m1/s1. The van der Waals surface area contributed by atoms with Gasteiger partial charge in [-0.3, -0.25) is 0 Å². The van der Waals surface area contributed by atoms with Gasteiger partial charge in [0.25, 0.3) is 0 Å². The Morgan fingerprint density at radius 3 is 2.86 bits per heavy atom. The van der Waals surface area contributed by atoms with Crippen molar-refractivity contribution in [3.63, 3.8) is 0 Å². The summed E-state index contributed by atoms with van der Waals surface area (Å²) in [6.07, 6.45) is 1.78. The highest BCUT2D eigenvalue weighted by Crippen LogP contribution is 2.26. The molecule has 7 heteroatoms. The van der Waals surface area contributed by atoms with Crippen molar-refractivity contribution in [2.75, 3.05) is 12.3 Å². The molecule has 1 aromatic heterocycles. The molecule has 0 unspecified atom stereocenters. The number of thioether (sulfide) groups is 1. The third-order valence-electron chi connectivity index (χ3n) is 3.04. The van der Waals surface area contributed by atoms with Gasteiger partial charge in [0.2, 0.25) is 0 Å². The van der Waals surface area contributed by atoms with Crippen LogP contribution in [-0.2, 0) is 4.74 Å². The van der Waals surface area contributed by atoms with Crippen LogP contribution in [0.4, 0.5) is 4.79 Å². The van der Waals surface area contributed by atoms with Crippen molar-refractivity contribution in [3.05, 3.63) is 17.3 Å². The Morgan fingerprint density at radius 2 is 2.24 bits per heavy atom. The highest BCUT2D eigenvalue weighted by molar-refractivity contribution is 7.99. The van der Waals surface area contributed by atoms with E-state index in [0.29, 0.717) is 5.15 Å². The maximum absolute atomic E-state index is 12.2. The second-order valence-electron chi connectivity index (χ2n) is 5.98. The summed E-state index contributed by atoms with van der Waals surface area (Å²) in [7, 11) is 0. The zero-order valence-electron chi connectivity index (χ0n) is 12.5. The van der Waals surface area contributed by atoms with Crippen molar-refractivity contribution in [3.8, 4) is 0 Å². The quantitative estimate of drug-likeness (QED) is 0.793. The molecule has 0 N–H and O–H groups in total. The van der Waals surface area contributed by atoms with Gasteiger partial charge in [-0.05, 0) is 45.7 Å². The second kappa shape index (κ2) is 6.83. The SMILES string of the molecule is CC(C)(C)OC(=O)N1CCC[C@@H]1CSc1ccc(Cl)nn1. The summed E-state index contributed by atoms with van der Waals surface area (Å²) in [4.78, 5) is 14.0. The average Bonchev–Trinajstić information content (AvgIpc) is 2.84. The summed E-state index contributed by atoms with van der Waals surface area (Å²) in [5.74, 6) is 0.787. The van der Waals surface area contributed by atoms with Gasteiger partial charge >= 0.3 is 6.09 Å². The molecule has 1 saturated heterocycles. The van der Waals surface area contributed by atoms with Crippen LogP contribution in [0.3, 0.4) is 0 Å². The molecular formula is C14H20ClN3O2S. The van der Waals surface area contributed by atoms with Crippen LogP contribution in [0.25, 0.3) is 0 Å². The summed E-state index contributed by atoms with van der Waals surface area (Å²) in [6, 6.07) is 3.74. The molecule has 0 aromatic carbocycles. The predicted octanol–water partition coefficient (Wildman–Crippen LogP) is 3.62. The Labute approximate surface area is 134 Å². The first-order chi connectivity index (χ1) is 9.85. The van der Waals surface area contributed by atoms with Gasteiger partial charge in [-0.2, -0.15) is 0 Å². The van der Waals surface area contributed by atoms with Gasteiger partial charge in [-0.25, -0.2) is 4.79 Å². The Balaban J connectivity index is 1.90. The Bertz CT molecular complexity index is 490. The lowest BCUT2D eigenvalue weighted by atomic mass is 10.2. The van der Waals surface area contributed by atoms with Crippen LogP contribution in [0.1, 0.15) is 33.6 Å². The number of carbonyl (C=O) groups is 1. The van der Waals surface area contributed by atoms with E-state index in [1.54, 1.807) is 17.8 Å². The van der Waals surface area contributed by atoms with Gasteiger partial charge in [-0.15, -0.1) is 22.0 Å². The molecule has 116 valence electrons. The first-order valence-electron chi connectivity index (χ1n) is 6.97. The molecule has 1 aliphatic heterocycles. The number of halogens is 1. The minimum atomic E-state index is -0.459. The van der Waals surface area contributed by atoms with Crippen LogP contribution in [0.2, 0.25) is 5.15 Å². The minimum Gasteiger partial charge on any atom is -0.444 e. The molecule has 0 radical (unpaired) electrons. The largest absolute Gasteiger partial charge is 0.444 e. The van der Waals surface area contributed by atoms with E-state index in [-0.39, 0.29) is 12.1 Å². The lowest BCUT2D eigenvalue weighted by molar-refractivity contribution is 0.0242. The van der Waals surface area contributed by atoms with Crippen LogP contribution in [0.15, 0.2) is 17.2 Å². The van der Waals surface area contributed by atoms with Crippen LogP contribution in [-0.4, -0.2) is 45.1 Å². The van der Waals surface area contributed by atoms with Gasteiger partial charge in [-0.1, -0.05) is 11.6 Å². The number of hydrogen-bond donors (Lipinski definition) is 0. The predicted molar refractivity (Wildman–Crippen MR) is 83.7 cm³/mol. The average molecular weight is 330 g/mol. The molecule has 1 amide bonds. The van der Waals surface area contributed by atoms with Crippen LogP contribution >= 0.6 is 23.4 Å². The van der Waals surface area contributed by atoms with Crippen LogP contribution in [0.5, 0.6) is 0 Å². The maximum Gasteiger partial charge on any atom is 0.410 e. The third kappa shape index (κ3) is 5.04. The number of likely N-dealkylation sites (tertiary alicyclic amines) is 1. The van der Waals surface area contributed by atoms with Crippen LogP contribution in [0, 0.1) is 0 Å². The molecule has 0 spiro atoms. The van der Waals surface area contributed by atoms with Gasteiger partial charge in [0.1, 0.15) is 10.6 Å². The van der Waals surface area contributed by atoms with Crippen molar-refractivity contribution < 1.29 is 9.53 Å². The fourth-order valence-corrected chi connectivity index (χ4v) is 3.21. The molecular weight excluding hydrogens is 310 g/mol. The van der Waals surface area contributed by atoms with Gasteiger partial charge < -0.3 is 9.64 Å². The smallest absolute Gasteiger partial charge is 0.410 e. The minimum absolute atomic E-state index is 0.183. The Kier molecular flexibility index (Phi) is 5.32. The zero-order valence-corrected chi connectivity index (χ0v) is 14.1. The molecule has 5 nitrogen and oxygen atoms in total. The molecule has 2 rings (SSSR count). The number of aromatic nitrogens is 2. The van der Waals surface area contributed by atoms with Crippen molar-refractivity contribution in [1.29, 1.82) is 0 Å².